The average molecular weight is 411 g/mol. The second kappa shape index (κ2) is 19.8. The Hall–Kier alpha value is 0.480. The van der Waals surface area contributed by atoms with E-state index >= 15 is 0 Å². The van der Waals surface area contributed by atoms with Crippen molar-refractivity contribution in [3.63, 3.8) is 0 Å². The van der Waals surface area contributed by atoms with Crippen LogP contribution in [0.15, 0.2) is 0 Å². The summed E-state index contributed by atoms with van der Waals surface area (Å²) in [5.41, 5.74) is 0. The van der Waals surface area contributed by atoms with E-state index in [-0.39, 0.29) is 0 Å². The molecule has 6 heteroatoms. The van der Waals surface area contributed by atoms with Gasteiger partial charge in [0.25, 0.3) is 0 Å². The number of hydrogen-bond donors (Lipinski definition) is 0. The van der Waals surface area contributed by atoms with E-state index in [1.807, 2.05) is 0 Å². The summed E-state index contributed by atoms with van der Waals surface area (Å²) in [6.07, 6.45) is 15.1. The number of thiocarbonyl (C=S) groups is 2. The van der Waals surface area contributed by atoms with Crippen molar-refractivity contribution in [1.29, 1.82) is 0 Å². The quantitative estimate of drug-likeness (QED) is 0.165. The molecule has 0 amide bonds. The lowest BCUT2D eigenvalue weighted by Crippen LogP contribution is -2.01. The third-order valence-corrected chi connectivity index (χ3v) is 6.73. The third-order valence-electron chi connectivity index (χ3n) is 3.61. The molecule has 0 bridgehead atoms. The lowest BCUT2D eigenvalue weighted by molar-refractivity contribution is 0.307. The van der Waals surface area contributed by atoms with Crippen molar-refractivity contribution in [2.24, 2.45) is 0 Å². The molecule has 0 heterocycles. The average Bonchev–Trinajstić information content (AvgIpc) is 2.58. The first kappa shape index (κ1) is 24.5. The molecular formula is C18H34O2S4. The Morgan fingerprint density at radius 1 is 0.583 bits per heavy atom. The minimum atomic E-state index is 0.555. The predicted molar refractivity (Wildman–Crippen MR) is 119 cm³/mol. The second-order valence-corrected chi connectivity index (χ2v) is 9.23. The molecule has 24 heavy (non-hydrogen) atoms. The van der Waals surface area contributed by atoms with Crippen molar-refractivity contribution in [3.05, 3.63) is 0 Å². The monoisotopic (exact) mass is 410 g/mol. The SMILES string of the molecule is CCCCCCCCOC(=S)SSC(=S)OCCCCCCCC. The number of rotatable bonds is 14. The fourth-order valence-electron chi connectivity index (χ4n) is 2.19. The van der Waals surface area contributed by atoms with Crippen LogP contribution in [-0.4, -0.2) is 22.0 Å². The van der Waals surface area contributed by atoms with Crippen molar-refractivity contribution < 1.29 is 9.47 Å². The van der Waals surface area contributed by atoms with E-state index in [4.69, 9.17) is 33.9 Å². The number of ether oxygens (including phenoxy) is 2. The molecule has 0 aromatic rings. The van der Waals surface area contributed by atoms with Crippen molar-refractivity contribution in [2.75, 3.05) is 13.2 Å². The predicted octanol–water partition coefficient (Wildman–Crippen LogP) is 7.69. The molecule has 0 saturated heterocycles. The summed E-state index contributed by atoms with van der Waals surface area (Å²) in [5.74, 6) is 0. The summed E-state index contributed by atoms with van der Waals surface area (Å²) >= 11 is 10.4. The molecule has 0 aliphatic rings. The molecule has 0 aromatic carbocycles. The van der Waals surface area contributed by atoms with E-state index in [0.29, 0.717) is 22.0 Å². The first-order valence-electron chi connectivity index (χ1n) is 9.38. The van der Waals surface area contributed by atoms with Gasteiger partial charge in [0.05, 0.1) is 13.2 Å². The lowest BCUT2D eigenvalue weighted by atomic mass is 10.1. The van der Waals surface area contributed by atoms with Gasteiger partial charge in [-0.1, -0.05) is 78.1 Å². The molecule has 0 spiro atoms. The molecule has 0 rings (SSSR count). The van der Waals surface area contributed by atoms with E-state index < -0.39 is 0 Å². The van der Waals surface area contributed by atoms with E-state index in [1.165, 1.54) is 85.8 Å². The highest BCUT2D eigenvalue weighted by Crippen LogP contribution is 2.26. The molecule has 0 N–H and O–H groups in total. The van der Waals surface area contributed by atoms with Gasteiger partial charge in [-0.2, -0.15) is 0 Å². The molecule has 0 radical (unpaired) electrons. The van der Waals surface area contributed by atoms with Crippen LogP contribution in [0.4, 0.5) is 0 Å². The first-order chi connectivity index (χ1) is 11.7. The van der Waals surface area contributed by atoms with E-state index in [1.54, 1.807) is 0 Å². The van der Waals surface area contributed by atoms with Crippen LogP contribution in [0.25, 0.3) is 0 Å². The Kier molecular flexibility index (Phi) is 20.2. The highest BCUT2D eigenvalue weighted by molar-refractivity contribution is 8.89. The van der Waals surface area contributed by atoms with Gasteiger partial charge in [0.15, 0.2) is 0 Å². The summed E-state index contributed by atoms with van der Waals surface area (Å²) in [5, 5.41) is 0. The molecule has 142 valence electrons. The van der Waals surface area contributed by atoms with Crippen LogP contribution < -0.4 is 0 Å². The number of unbranched alkanes of at least 4 members (excludes halogenated alkanes) is 10. The smallest absolute Gasteiger partial charge is 0.231 e. The minimum absolute atomic E-state index is 0.555. The first-order valence-corrected chi connectivity index (χ1v) is 12.3. The summed E-state index contributed by atoms with van der Waals surface area (Å²) in [6.45, 7) is 5.89. The van der Waals surface area contributed by atoms with Gasteiger partial charge in [-0.05, 0) is 37.3 Å². The van der Waals surface area contributed by atoms with Crippen molar-refractivity contribution in [3.8, 4) is 0 Å². The maximum absolute atomic E-state index is 5.54. The zero-order chi connectivity index (χ0) is 17.9. The van der Waals surface area contributed by atoms with Crippen LogP contribution in [0.2, 0.25) is 0 Å². The number of hydrogen-bond acceptors (Lipinski definition) is 6. The van der Waals surface area contributed by atoms with Crippen LogP contribution in [0.3, 0.4) is 0 Å². The van der Waals surface area contributed by atoms with Crippen LogP contribution in [0.1, 0.15) is 90.9 Å². The zero-order valence-corrected chi connectivity index (χ0v) is 18.6. The minimum Gasteiger partial charge on any atom is -0.478 e. The van der Waals surface area contributed by atoms with Gasteiger partial charge in [0, 0.05) is 21.6 Å². The van der Waals surface area contributed by atoms with Crippen molar-refractivity contribution in [1.82, 2.24) is 0 Å². The Labute approximate surface area is 168 Å². The van der Waals surface area contributed by atoms with Crippen LogP contribution in [0, 0.1) is 0 Å². The van der Waals surface area contributed by atoms with E-state index in [0.717, 1.165) is 12.8 Å². The van der Waals surface area contributed by atoms with Gasteiger partial charge < -0.3 is 9.47 Å². The van der Waals surface area contributed by atoms with Crippen LogP contribution >= 0.6 is 46.0 Å². The highest BCUT2D eigenvalue weighted by atomic mass is 33.1. The second-order valence-electron chi connectivity index (χ2n) is 5.90. The molecule has 0 atom stereocenters. The van der Waals surface area contributed by atoms with Gasteiger partial charge in [0.2, 0.25) is 8.77 Å². The largest absolute Gasteiger partial charge is 0.478 e. The van der Waals surface area contributed by atoms with Gasteiger partial charge in [-0.15, -0.1) is 0 Å². The Morgan fingerprint density at radius 2 is 0.917 bits per heavy atom. The van der Waals surface area contributed by atoms with Gasteiger partial charge in [-0.25, -0.2) is 0 Å². The highest BCUT2D eigenvalue weighted by Gasteiger charge is 2.05. The molecule has 0 aliphatic heterocycles. The summed E-state index contributed by atoms with van der Waals surface area (Å²) in [4.78, 5) is 0. The van der Waals surface area contributed by atoms with Gasteiger partial charge >= 0.3 is 0 Å². The maximum Gasteiger partial charge on any atom is 0.231 e. The molecule has 0 aromatic heterocycles. The topological polar surface area (TPSA) is 18.5 Å². The lowest BCUT2D eigenvalue weighted by Gasteiger charge is -2.08. The molecule has 0 saturated carbocycles. The van der Waals surface area contributed by atoms with Gasteiger partial charge in [0.1, 0.15) is 0 Å². The summed E-state index contributed by atoms with van der Waals surface area (Å²) < 4.78 is 12.2. The zero-order valence-electron chi connectivity index (χ0n) is 15.3. The fraction of sp³-hybridized carbons (Fsp3) is 0.889. The van der Waals surface area contributed by atoms with Crippen molar-refractivity contribution >= 4 is 54.8 Å². The maximum atomic E-state index is 5.54. The fourth-order valence-corrected chi connectivity index (χ4v) is 4.07. The Morgan fingerprint density at radius 3 is 1.29 bits per heavy atom. The molecular weight excluding hydrogens is 376 g/mol. The molecule has 2 nitrogen and oxygen atoms in total. The van der Waals surface area contributed by atoms with E-state index in [9.17, 15) is 0 Å². The molecule has 0 aliphatic carbocycles. The normalized spacial score (nSPS) is 10.6. The Bertz CT molecular complexity index is 281. The molecule has 0 fully saturated rings. The third kappa shape index (κ3) is 18.8. The standard InChI is InChI=1S/C18H34O2S4/c1-3-5-7-9-11-13-15-19-17(21)23-24-18(22)20-16-14-12-10-8-6-4-2/h3-16H2,1-2H3. The Balaban J connectivity index is 3.34. The van der Waals surface area contributed by atoms with Crippen LogP contribution in [-0.2, 0) is 9.47 Å². The molecule has 0 unspecified atom stereocenters. The van der Waals surface area contributed by atoms with Gasteiger partial charge in [-0.3, -0.25) is 0 Å². The summed E-state index contributed by atoms with van der Waals surface area (Å²) in [6, 6.07) is 0. The van der Waals surface area contributed by atoms with Crippen LogP contribution in [0.5, 0.6) is 0 Å². The van der Waals surface area contributed by atoms with E-state index in [2.05, 4.69) is 13.8 Å². The summed E-state index contributed by atoms with van der Waals surface area (Å²) in [7, 11) is 2.78. The van der Waals surface area contributed by atoms with Crippen molar-refractivity contribution in [2.45, 2.75) is 90.9 Å².